The Bertz CT molecular complexity index is 519. The zero-order valence-electron chi connectivity index (χ0n) is 11.7. The largest absolute Gasteiger partial charge is 0.391 e. The Morgan fingerprint density at radius 2 is 2.15 bits per heavy atom. The molecule has 7 heteroatoms. The van der Waals surface area contributed by atoms with Gasteiger partial charge in [0.2, 0.25) is 10.0 Å². The van der Waals surface area contributed by atoms with Crippen molar-refractivity contribution in [3.63, 3.8) is 0 Å². The molecule has 0 aliphatic carbocycles. The van der Waals surface area contributed by atoms with Gasteiger partial charge in [0.05, 0.1) is 11.5 Å². The second-order valence-corrected chi connectivity index (χ2v) is 8.10. The maximum atomic E-state index is 12.1. The van der Waals surface area contributed by atoms with E-state index >= 15 is 0 Å². The van der Waals surface area contributed by atoms with Gasteiger partial charge in [-0.2, -0.15) is 0 Å². The molecule has 5 nitrogen and oxygen atoms in total. The van der Waals surface area contributed by atoms with Gasteiger partial charge in [-0.25, -0.2) is 13.1 Å². The van der Waals surface area contributed by atoms with Crippen molar-refractivity contribution in [2.45, 2.75) is 30.8 Å². The maximum absolute atomic E-state index is 12.1. The molecule has 114 valence electrons. The van der Waals surface area contributed by atoms with Gasteiger partial charge in [0.1, 0.15) is 0 Å². The SMILES string of the molecule is CN1CCC(CCNS(=O)(=O)c2csc(CO)c2)CC1. The summed E-state index contributed by atoms with van der Waals surface area (Å²) in [5.41, 5.74) is 0. The lowest BCUT2D eigenvalue weighted by molar-refractivity contribution is 0.213. The molecule has 0 radical (unpaired) electrons. The van der Waals surface area contributed by atoms with Crippen LogP contribution in [-0.2, 0) is 16.6 Å². The minimum atomic E-state index is -3.42. The highest BCUT2D eigenvalue weighted by Crippen LogP contribution is 2.21. The number of aliphatic hydroxyl groups is 1. The molecule has 1 fully saturated rings. The molecule has 0 aromatic carbocycles. The molecule has 1 aromatic rings. The number of likely N-dealkylation sites (tertiary alicyclic amines) is 1. The number of sulfonamides is 1. The topological polar surface area (TPSA) is 69.6 Å². The normalized spacial score (nSPS) is 18.5. The lowest BCUT2D eigenvalue weighted by Crippen LogP contribution is -2.32. The van der Waals surface area contributed by atoms with Crippen LogP contribution in [-0.4, -0.2) is 45.1 Å². The summed E-state index contributed by atoms with van der Waals surface area (Å²) in [6.45, 7) is 2.57. The van der Waals surface area contributed by atoms with Crippen molar-refractivity contribution in [1.29, 1.82) is 0 Å². The molecular formula is C13H22N2O3S2. The quantitative estimate of drug-likeness (QED) is 0.828. The van der Waals surface area contributed by atoms with Crippen molar-refractivity contribution in [3.8, 4) is 0 Å². The van der Waals surface area contributed by atoms with Crippen LogP contribution in [0.2, 0.25) is 0 Å². The van der Waals surface area contributed by atoms with Crippen molar-refractivity contribution >= 4 is 21.4 Å². The van der Waals surface area contributed by atoms with Gasteiger partial charge in [-0.1, -0.05) is 0 Å². The van der Waals surface area contributed by atoms with E-state index in [-0.39, 0.29) is 11.5 Å². The van der Waals surface area contributed by atoms with Crippen LogP contribution >= 0.6 is 11.3 Å². The summed E-state index contributed by atoms with van der Waals surface area (Å²) >= 11 is 1.26. The van der Waals surface area contributed by atoms with Crippen LogP contribution in [0.3, 0.4) is 0 Å². The molecule has 2 rings (SSSR count). The molecule has 20 heavy (non-hydrogen) atoms. The summed E-state index contributed by atoms with van der Waals surface area (Å²) in [5, 5.41) is 10.5. The molecule has 2 heterocycles. The van der Waals surface area contributed by atoms with Crippen molar-refractivity contribution in [3.05, 3.63) is 16.3 Å². The molecule has 1 saturated heterocycles. The number of nitrogens with zero attached hydrogens (tertiary/aromatic N) is 1. The predicted octanol–water partition coefficient (Wildman–Crippen LogP) is 1.25. The highest BCUT2D eigenvalue weighted by atomic mass is 32.2. The van der Waals surface area contributed by atoms with Crippen molar-refractivity contribution in [1.82, 2.24) is 9.62 Å². The van der Waals surface area contributed by atoms with Crippen LogP contribution in [0.1, 0.15) is 24.1 Å². The first-order chi connectivity index (χ1) is 9.51. The Hall–Kier alpha value is -0.470. The van der Waals surface area contributed by atoms with Crippen LogP contribution in [0.15, 0.2) is 16.3 Å². The number of hydrogen-bond donors (Lipinski definition) is 2. The third-order valence-corrected chi connectivity index (χ3v) is 6.29. The Balaban J connectivity index is 1.80. The zero-order valence-corrected chi connectivity index (χ0v) is 13.3. The monoisotopic (exact) mass is 318 g/mol. The zero-order chi connectivity index (χ0) is 14.6. The Labute approximate surface area is 124 Å². The minimum absolute atomic E-state index is 0.115. The molecule has 2 N–H and O–H groups in total. The first-order valence-corrected chi connectivity index (χ1v) is 9.24. The van der Waals surface area contributed by atoms with Gasteiger partial charge in [-0.05, 0) is 51.4 Å². The van der Waals surface area contributed by atoms with Crippen LogP contribution in [0.25, 0.3) is 0 Å². The first-order valence-electron chi connectivity index (χ1n) is 6.88. The third kappa shape index (κ3) is 4.26. The number of thiophene rings is 1. The third-order valence-electron chi connectivity index (χ3n) is 3.78. The molecule has 0 spiro atoms. The molecule has 1 aromatic heterocycles. The Kier molecular flexibility index (Phi) is 5.57. The molecule has 0 bridgehead atoms. The Morgan fingerprint density at radius 3 is 2.75 bits per heavy atom. The van der Waals surface area contributed by atoms with Crippen LogP contribution in [0, 0.1) is 5.92 Å². The smallest absolute Gasteiger partial charge is 0.241 e. The van der Waals surface area contributed by atoms with E-state index in [4.69, 9.17) is 5.11 Å². The average Bonchev–Trinajstić information content (AvgIpc) is 2.90. The van der Waals surface area contributed by atoms with Gasteiger partial charge in [-0.3, -0.25) is 0 Å². The second-order valence-electron chi connectivity index (χ2n) is 5.34. The lowest BCUT2D eigenvalue weighted by Gasteiger charge is -2.28. The summed E-state index contributed by atoms with van der Waals surface area (Å²) in [5.74, 6) is 0.615. The van der Waals surface area contributed by atoms with E-state index in [9.17, 15) is 8.42 Å². The summed E-state index contributed by atoms with van der Waals surface area (Å²) in [4.78, 5) is 3.23. The summed E-state index contributed by atoms with van der Waals surface area (Å²) in [6, 6.07) is 1.53. The van der Waals surface area contributed by atoms with E-state index in [0.717, 1.165) is 32.4 Å². The van der Waals surface area contributed by atoms with Gasteiger partial charge in [-0.15, -0.1) is 11.3 Å². The molecule has 1 aliphatic heterocycles. The fourth-order valence-corrected chi connectivity index (χ4v) is 4.60. The van der Waals surface area contributed by atoms with Gasteiger partial charge < -0.3 is 10.0 Å². The number of aliphatic hydroxyl groups excluding tert-OH is 1. The van der Waals surface area contributed by atoms with Crippen molar-refractivity contribution in [2.24, 2.45) is 5.92 Å². The van der Waals surface area contributed by atoms with Gasteiger partial charge >= 0.3 is 0 Å². The lowest BCUT2D eigenvalue weighted by atomic mass is 9.94. The summed E-state index contributed by atoms with van der Waals surface area (Å²) in [6.07, 6.45) is 3.18. The van der Waals surface area contributed by atoms with E-state index in [1.807, 2.05) is 0 Å². The molecule has 1 aliphatic rings. The van der Waals surface area contributed by atoms with E-state index in [1.165, 1.54) is 17.4 Å². The summed E-state index contributed by atoms with van der Waals surface area (Å²) in [7, 11) is -1.30. The number of piperidine rings is 1. The Morgan fingerprint density at radius 1 is 1.45 bits per heavy atom. The van der Waals surface area contributed by atoms with Gasteiger partial charge in [0.15, 0.2) is 0 Å². The number of nitrogens with one attached hydrogen (secondary N) is 1. The van der Waals surface area contributed by atoms with Gasteiger partial charge in [0.25, 0.3) is 0 Å². The highest BCUT2D eigenvalue weighted by Gasteiger charge is 2.19. The van der Waals surface area contributed by atoms with E-state index < -0.39 is 10.0 Å². The van der Waals surface area contributed by atoms with Gasteiger partial charge in [0, 0.05) is 16.8 Å². The molecule has 0 amide bonds. The number of hydrogen-bond acceptors (Lipinski definition) is 5. The highest BCUT2D eigenvalue weighted by molar-refractivity contribution is 7.89. The molecule has 0 unspecified atom stereocenters. The standard InChI is InChI=1S/C13H22N2O3S2/c1-15-6-3-11(4-7-15)2-5-14-20(17,18)13-8-12(9-16)19-10-13/h8,10-11,14,16H,2-7,9H2,1H3. The van der Waals surface area contributed by atoms with Crippen LogP contribution in [0.5, 0.6) is 0 Å². The van der Waals surface area contributed by atoms with E-state index in [1.54, 1.807) is 5.38 Å². The fraction of sp³-hybridized carbons (Fsp3) is 0.692. The molecule has 0 saturated carbocycles. The van der Waals surface area contributed by atoms with Crippen molar-refractivity contribution in [2.75, 3.05) is 26.7 Å². The number of rotatable bonds is 6. The predicted molar refractivity (Wildman–Crippen MR) is 80.3 cm³/mol. The second kappa shape index (κ2) is 7.00. The van der Waals surface area contributed by atoms with Crippen LogP contribution in [0.4, 0.5) is 0 Å². The average molecular weight is 318 g/mol. The van der Waals surface area contributed by atoms with E-state index in [2.05, 4.69) is 16.7 Å². The molecule has 0 atom stereocenters. The fourth-order valence-electron chi connectivity index (χ4n) is 2.42. The van der Waals surface area contributed by atoms with Crippen molar-refractivity contribution < 1.29 is 13.5 Å². The molecular weight excluding hydrogens is 296 g/mol. The van der Waals surface area contributed by atoms with E-state index in [0.29, 0.717) is 17.3 Å². The first kappa shape index (κ1) is 15.9. The maximum Gasteiger partial charge on any atom is 0.241 e. The summed E-state index contributed by atoms with van der Waals surface area (Å²) < 4.78 is 26.8. The van der Waals surface area contributed by atoms with Crippen LogP contribution < -0.4 is 4.72 Å². The minimum Gasteiger partial charge on any atom is -0.391 e.